The molecule has 0 aliphatic carbocycles. The summed E-state index contributed by atoms with van der Waals surface area (Å²) in [5.41, 5.74) is 15.4. The van der Waals surface area contributed by atoms with Crippen molar-refractivity contribution in [2.45, 2.75) is 32.7 Å². The number of nitrogens with two attached hydrogens (primary N) is 2. The summed E-state index contributed by atoms with van der Waals surface area (Å²) in [4.78, 5) is 8.49. The maximum atomic E-state index is 5.98. The Morgan fingerprint density at radius 3 is 2.88 bits per heavy atom. The standard InChI is InChI=1S/C17H22N6O/c1-2-3-7-24-17-21-15(19)16-20-11-14(23(16)22-17)9-12-5-4-6-13(8-12)10-18/h4-6,8,11H,2-3,7,9-10,18H2,1H3,(H2,19,21,22). The number of fused-ring (bicyclic) bond motifs is 1. The van der Waals surface area contributed by atoms with Gasteiger partial charge in [-0.05, 0) is 17.5 Å². The lowest BCUT2D eigenvalue weighted by atomic mass is 10.1. The van der Waals surface area contributed by atoms with Crippen molar-refractivity contribution in [3.8, 4) is 6.01 Å². The Balaban J connectivity index is 1.90. The van der Waals surface area contributed by atoms with Crippen LogP contribution in [0.4, 0.5) is 5.82 Å². The molecular weight excluding hydrogens is 304 g/mol. The topological polar surface area (TPSA) is 104 Å². The van der Waals surface area contributed by atoms with Crippen molar-refractivity contribution in [2.24, 2.45) is 5.73 Å². The van der Waals surface area contributed by atoms with Crippen LogP contribution in [0, 0.1) is 0 Å². The number of nitrogen functional groups attached to an aromatic ring is 1. The molecule has 1 aromatic carbocycles. The normalized spacial score (nSPS) is 11.1. The predicted octanol–water partition coefficient (Wildman–Crippen LogP) is 1.93. The van der Waals surface area contributed by atoms with E-state index in [0.29, 0.717) is 31.0 Å². The predicted molar refractivity (Wildman–Crippen MR) is 92.7 cm³/mol. The summed E-state index contributed by atoms with van der Waals surface area (Å²) in [5.74, 6) is 0.318. The number of imidazole rings is 1. The van der Waals surface area contributed by atoms with Gasteiger partial charge in [-0.15, -0.1) is 5.10 Å². The van der Waals surface area contributed by atoms with Crippen molar-refractivity contribution >= 4 is 11.5 Å². The lowest BCUT2D eigenvalue weighted by molar-refractivity contribution is 0.280. The van der Waals surface area contributed by atoms with E-state index in [0.717, 1.165) is 29.7 Å². The van der Waals surface area contributed by atoms with Crippen LogP contribution in [-0.4, -0.2) is 26.2 Å². The van der Waals surface area contributed by atoms with Gasteiger partial charge in [0.05, 0.1) is 18.5 Å². The van der Waals surface area contributed by atoms with Gasteiger partial charge >= 0.3 is 6.01 Å². The first-order valence-electron chi connectivity index (χ1n) is 8.12. The molecule has 0 spiro atoms. The van der Waals surface area contributed by atoms with Crippen LogP contribution in [0.3, 0.4) is 0 Å². The van der Waals surface area contributed by atoms with Crippen molar-refractivity contribution in [3.05, 3.63) is 47.3 Å². The number of ether oxygens (including phenoxy) is 1. The van der Waals surface area contributed by atoms with E-state index in [1.807, 2.05) is 12.1 Å². The van der Waals surface area contributed by atoms with Gasteiger partial charge in [0.1, 0.15) is 0 Å². The number of hydrogen-bond donors (Lipinski definition) is 2. The first-order valence-corrected chi connectivity index (χ1v) is 8.12. The zero-order valence-electron chi connectivity index (χ0n) is 13.8. The largest absolute Gasteiger partial charge is 0.462 e. The van der Waals surface area contributed by atoms with Crippen LogP contribution in [0.1, 0.15) is 36.6 Å². The lowest BCUT2D eigenvalue weighted by Gasteiger charge is -2.07. The summed E-state index contributed by atoms with van der Waals surface area (Å²) in [6.45, 7) is 3.20. The average molecular weight is 326 g/mol. The van der Waals surface area contributed by atoms with E-state index in [2.05, 4.69) is 34.1 Å². The quantitative estimate of drug-likeness (QED) is 0.643. The third-order valence-electron chi connectivity index (χ3n) is 3.78. The summed E-state index contributed by atoms with van der Waals surface area (Å²) >= 11 is 0. The Morgan fingerprint density at radius 2 is 2.08 bits per heavy atom. The van der Waals surface area contributed by atoms with Crippen molar-refractivity contribution in [1.82, 2.24) is 19.6 Å². The molecule has 0 saturated carbocycles. The van der Waals surface area contributed by atoms with Crippen LogP contribution in [0.25, 0.3) is 5.65 Å². The van der Waals surface area contributed by atoms with Crippen molar-refractivity contribution in [2.75, 3.05) is 12.3 Å². The van der Waals surface area contributed by atoms with Gasteiger partial charge in [0, 0.05) is 13.0 Å². The van der Waals surface area contributed by atoms with Gasteiger partial charge < -0.3 is 16.2 Å². The molecule has 0 fully saturated rings. The van der Waals surface area contributed by atoms with Crippen LogP contribution in [-0.2, 0) is 13.0 Å². The molecule has 2 aromatic heterocycles. The summed E-state index contributed by atoms with van der Waals surface area (Å²) < 4.78 is 7.29. The molecule has 0 amide bonds. The number of nitrogens with zero attached hydrogens (tertiary/aromatic N) is 4. The number of rotatable bonds is 7. The highest BCUT2D eigenvalue weighted by molar-refractivity contribution is 5.59. The minimum atomic E-state index is 0.281. The van der Waals surface area contributed by atoms with E-state index >= 15 is 0 Å². The first kappa shape index (κ1) is 16.2. The highest BCUT2D eigenvalue weighted by atomic mass is 16.5. The van der Waals surface area contributed by atoms with Crippen molar-refractivity contribution in [1.29, 1.82) is 0 Å². The van der Waals surface area contributed by atoms with Crippen molar-refractivity contribution in [3.63, 3.8) is 0 Å². The molecule has 0 radical (unpaired) electrons. The summed E-state index contributed by atoms with van der Waals surface area (Å²) in [7, 11) is 0. The maximum absolute atomic E-state index is 5.98. The smallest absolute Gasteiger partial charge is 0.336 e. The van der Waals surface area contributed by atoms with Gasteiger partial charge in [0.25, 0.3) is 0 Å². The van der Waals surface area contributed by atoms with Crippen molar-refractivity contribution < 1.29 is 4.74 Å². The molecule has 0 bridgehead atoms. The van der Waals surface area contributed by atoms with Crippen LogP contribution >= 0.6 is 0 Å². The SMILES string of the molecule is CCCCOc1nc(N)c2ncc(Cc3cccc(CN)c3)n2n1. The van der Waals surface area contributed by atoms with Crippen LogP contribution < -0.4 is 16.2 Å². The van der Waals surface area contributed by atoms with E-state index in [1.165, 1.54) is 0 Å². The molecule has 0 unspecified atom stereocenters. The third kappa shape index (κ3) is 3.46. The minimum Gasteiger partial charge on any atom is -0.462 e. The van der Waals surface area contributed by atoms with Gasteiger partial charge in [-0.3, -0.25) is 0 Å². The minimum absolute atomic E-state index is 0.281. The summed E-state index contributed by atoms with van der Waals surface area (Å²) in [6.07, 6.45) is 4.45. The zero-order valence-corrected chi connectivity index (χ0v) is 13.8. The molecular formula is C17H22N6O. The molecule has 0 aliphatic heterocycles. The second kappa shape index (κ2) is 7.27. The van der Waals surface area contributed by atoms with E-state index in [9.17, 15) is 0 Å². The fraction of sp³-hybridized carbons (Fsp3) is 0.353. The molecule has 0 aliphatic rings. The summed E-state index contributed by atoms with van der Waals surface area (Å²) in [5, 5.41) is 4.42. The van der Waals surface area contributed by atoms with E-state index in [1.54, 1.807) is 10.7 Å². The number of aromatic nitrogens is 4. The second-order valence-corrected chi connectivity index (χ2v) is 5.67. The van der Waals surface area contributed by atoms with E-state index < -0.39 is 0 Å². The first-order chi connectivity index (χ1) is 11.7. The van der Waals surface area contributed by atoms with Crippen LogP contribution in [0.15, 0.2) is 30.5 Å². The highest BCUT2D eigenvalue weighted by Crippen LogP contribution is 2.17. The maximum Gasteiger partial charge on any atom is 0.336 e. The fourth-order valence-corrected chi connectivity index (χ4v) is 2.49. The number of hydrogen-bond acceptors (Lipinski definition) is 6. The van der Waals surface area contributed by atoms with E-state index in [4.69, 9.17) is 16.2 Å². The molecule has 2 heterocycles. The Bertz CT molecular complexity index is 829. The lowest BCUT2D eigenvalue weighted by Crippen LogP contribution is -2.09. The van der Waals surface area contributed by atoms with Gasteiger partial charge in [-0.25, -0.2) is 9.50 Å². The second-order valence-electron chi connectivity index (χ2n) is 5.67. The molecule has 24 heavy (non-hydrogen) atoms. The van der Waals surface area contributed by atoms with Gasteiger partial charge in [-0.1, -0.05) is 37.6 Å². The Hall–Kier alpha value is -2.67. The number of unbranched alkanes of at least 4 members (excludes halogenated alkanes) is 1. The average Bonchev–Trinajstić information content (AvgIpc) is 2.99. The molecule has 126 valence electrons. The molecule has 3 aromatic rings. The molecule has 7 nitrogen and oxygen atoms in total. The van der Waals surface area contributed by atoms with Gasteiger partial charge in [-0.2, -0.15) is 4.98 Å². The van der Waals surface area contributed by atoms with Crippen LogP contribution in [0.5, 0.6) is 6.01 Å². The fourth-order valence-electron chi connectivity index (χ4n) is 2.49. The van der Waals surface area contributed by atoms with E-state index in [-0.39, 0.29) is 6.01 Å². The monoisotopic (exact) mass is 326 g/mol. The molecule has 0 atom stereocenters. The number of anilines is 1. The van der Waals surface area contributed by atoms with Crippen LogP contribution in [0.2, 0.25) is 0 Å². The molecule has 7 heteroatoms. The zero-order chi connectivity index (χ0) is 16.9. The van der Waals surface area contributed by atoms with Gasteiger partial charge in [0.15, 0.2) is 11.5 Å². The molecule has 0 saturated heterocycles. The Labute approximate surface area is 140 Å². The highest BCUT2D eigenvalue weighted by Gasteiger charge is 2.12. The number of benzene rings is 1. The Kier molecular flexibility index (Phi) is 4.90. The third-order valence-corrected chi connectivity index (χ3v) is 3.78. The molecule has 4 N–H and O–H groups in total. The Morgan fingerprint density at radius 1 is 1.25 bits per heavy atom. The van der Waals surface area contributed by atoms with Gasteiger partial charge in [0.2, 0.25) is 0 Å². The molecule has 3 rings (SSSR count). The summed E-state index contributed by atoms with van der Waals surface area (Å²) in [6, 6.07) is 8.44.